The summed E-state index contributed by atoms with van der Waals surface area (Å²) in [5.74, 6) is -0.727. The van der Waals surface area contributed by atoms with Gasteiger partial charge in [0.1, 0.15) is 5.75 Å². The van der Waals surface area contributed by atoms with Crippen LogP contribution >= 0.6 is 0 Å². The molecule has 2 heterocycles. The van der Waals surface area contributed by atoms with Gasteiger partial charge in [-0.2, -0.15) is 0 Å². The van der Waals surface area contributed by atoms with Gasteiger partial charge in [-0.05, 0) is 33.1 Å². The van der Waals surface area contributed by atoms with Crippen LogP contribution in [0.1, 0.15) is 33.1 Å². The van der Waals surface area contributed by atoms with Gasteiger partial charge in [0, 0.05) is 31.4 Å². The van der Waals surface area contributed by atoms with E-state index in [0.717, 1.165) is 32.1 Å². The smallest absolute Gasteiger partial charge is 0.237 e. The van der Waals surface area contributed by atoms with E-state index in [2.05, 4.69) is 0 Å². The minimum absolute atomic E-state index is 0.0993. The molecule has 22 heavy (non-hydrogen) atoms. The van der Waals surface area contributed by atoms with Crippen molar-refractivity contribution >= 4 is 15.7 Å². The second-order valence-corrected chi connectivity index (χ2v) is 9.00. The second kappa shape index (κ2) is 6.84. The number of likely N-dealkylation sites (tertiary alicyclic amines) is 1. The molecular weight excluding hydrogens is 306 g/mol. The van der Waals surface area contributed by atoms with E-state index in [1.807, 2.05) is 13.8 Å². The molecule has 2 rings (SSSR count). The Balaban J connectivity index is 2.10. The molecule has 2 aliphatic heterocycles. The van der Waals surface area contributed by atoms with Crippen molar-refractivity contribution in [2.75, 3.05) is 38.3 Å². The van der Waals surface area contributed by atoms with E-state index in [9.17, 15) is 13.2 Å². The maximum Gasteiger partial charge on any atom is 0.237 e. The Kier molecular flexibility index (Phi) is 5.50. The van der Waals surface area contributed by atoms with Crippen molar-refractivity contribution in [3.63, 3.8) is 0 Å². The van der Waals surface area contributed by atoms with E-state index in [0.29, 0.717) is 19.7 Å². The molecule has 0 aromatic rings. The summed E-state index contributed by atoms with van der Waals surface area (Å²) in [4.78, 5) is 13.9. The van der Waals surface area contributed by atoms with Gasteiger partial charge in [0.2, 0.25) is 5.91 Å². The summed E-state index contributed by atoms with van der Waals surface area (Å²) in [5.41, 5.74) is -0.200. The maximum atomic E-state index is 12.2. The lowest BCUT2D eigenvalue weighted by Crippen LogP contribution is -2.58. The fourth-order valence-corrected chi connectivity index (χ4v) is 3.99. The van der Waals surface area contributed by atoms with Crippen molar-refractivity contribution in [3.8, 4) is 0 Å². The first-order valence-corrected chi connectivity index (χ1v) is 9.97. The van der Waals surface area contributed by atoms with Gasteiger partial charge in [0.25, 0.3) is 0 Å². The van der Waals surface area contributed by atoms with Crippen molar-refractivity contribution < 1.29 is 22.7 Å². The molecule has 2 atom stereocenters. The van der Waals surface area contributed by atoms with Crippen LogP contribution in [0.25, 0.3) is 0 Å². The summed E-state index contributed by atoms with van der Waals surface area (Å²) >= 11 is 0. The van der Waals surface area contributed by atoms with Crippen LogP contribution in [0.4, 0.5) is 0 Å². The number of amides is 1. The summed E-state index contributed by atoms with van der Waals surface area (Å²) in [6.45, 7) is 6.38. The molecule has 1 amide bonds. The van der Waals surface area contributed by atoms with Gasteiger partial charge in [-0.25, -0.2) is 8.42 Å². The molecular formula is C15H27NO5S. The highest BCUT2D eigenvalue weighted by molar-refractivity contribution is 7.91. The van der Waals surface area contributed by atoms with Gasteiger partial charge >= 0.3 is 0 Å². The number of sulfone groups is 1. The first kappa shape index (κ1) is 17.7. The molecule has 6 nitrogen and oxygen atoms in total. The van der Waals surface area contributed by atoms with Gasteiger partial charge in [0.15, 0.2) is 9.84 Å². The van der Waals surface area contributed by atoms with E-state index in [1.165, 1.54) is 0 Å². The fourth-order valence-electron chi connectivity index (χ4n) is 3.36. The molecule has 0 aliphatic carbocycles. The van der Waals surface area contributed by atoms with Crippen LogP contribution in [0.15, 0.2) is 0 Å². The quantitative estimate of drug-likeness (QED) is 0.746. The van der Waals surface area contributed by atoms with Gasteiger partial charge in [0.05, 0.1) is 18.8 Å². The average Bonchev–Trinajstić information content (AvgIpc) is 2.43. The molecule has 2 aliphatic rings. The first-order valence-electron chi connectivity index (χ1n) is 7.91. The summed E-state index contributed by atoms with van der Waals surface area (Å²) in [5, 5.41) is 0. The third kappa shape index (κ3) is 4.43. The van der Waals surface area contributed by atoms with Crippen molar-refractivity contribution in [1.82, 2.24) is 4.90 Å². The first-order chi connectivity index (χ1) is 10.2. The number of fused-ring (bicyclic) bond motifs is 1. The van der Waals surface area contributed by atoms with E-state index in [-0.39, 0.29) is 23.5 Å². The number of rotatable bonds is 5. The molecule has 128 valence electrons. The number of carbonyl (C=O) groups excluding carboxylic acids is 1. The highest BCUT2D eigenvalue weighted by Crippen LogP contribution is 2.40. The summed E-state index contributed by atoms with van der Waals surface area (Å²) in [7, 11) is -3.30. The number of hydrogen-bond donors (Lipinski definition) is 0. The summed E-state index contributed by atoms with van der Waals surface area (Å²) < 4.78 is 34.5. The van der Waals surface area contributed by atoms with Crippen molar-refractivity contribution in [1.29, 1.82) is 0 Å². The van der Waals surface area contributed by atoms with Crippen molar-refractivity contribution in [2.45, 2.75) is 45.3 Å². The Labute approximate surface area is 133 Å². The lowest BCUT2D eigenvalue weighted by atomic mass is 9.73. The second-order valence-electron chi connectivity index (χ2n) is 6.86. The van der Waals surface area contributed by atoms with E-state index >= 15 is 0 Å². The Morgan fingerprint density at radius 3 is 2.82 bits per heavy atom. The Morgan fingerprint density at radius 2 is 2.18 bits per heavy atom. The lowest BCUT2D eigenvalue weighted by Gasteiger charge is -2.50. The highest BCUT2D eigenvalue weighted by atomic mass is 32.2. The standard InChI is InChI=1S/C15H27NO5S/c1-12(2)21-11-15-6-4-8-20-13(15)5-7-16(10-15)14(17)9-22(3,18)19/h12-13H,4-11H2,1-3H3/t13-,15+/m1/s1. The van der Waals surface area contributed by atoms with E-state index in [1.54, 1.807) is 4.90 Å². The zero-order chi connectivity index (χ0) is 16.4. The zero-order valence-electron chi connectivity index (χ0n) is 13.7. The van der Waals surface area contributed by atoms with Crippen LogP contribution in [0, 0.1) is 5.41 Å². The zero-order valence-corrected chi connectivity index (χ0v) is 14.5. The van der Waals surface area contributed by atoms with E-state index < -0.39 is 15.6 Å². The van der Waals surface area contributed by atoms with Crippen molar-refractivity contribution in [3.05, 3.63) is 0 Å². The molecule has 7 heteroatoms. The highest BCUT2D eigenvalue weighted by Gasteiger charge is 2.47. The SMILES string of the molecule is CC(C)OC[C@@]12CCCO[C@@H]1CCN(C(=O)CS(C)(=O)=O)C2. The molecule has 0 aromatic heterocycles. The van der Waals surface area contributed by atoms with Crippen LogP contribution in [0.2, 0.25) is 0 Å². The van der Waals surface area contributed by atoms with Crippen LogP contribution < -0.4 is 0 Å². The summed E-state index contributed by atoms with van der Waals surface area (Å²) in [6.07, 6.45) is 3.97. The molecule has 0 unspecified atom stereocenters. The van der Waals surface area contributed by atoms with Gasteiger partial charge < -0.3 is 14.4 Å². The number of ether oxygens (including phenoxy) is 2. The molecule has 0 aromatic carbocycles. The largest absolute Gasteiger partial charge is 0.378 e. The minimum Gasteiger partial charge on any atom is -0.378 e. The molecule has 0 N–H and O–H groups in total. The van der Waals surface area contributed by atoms with Crippen LogP contribution in [-0.2, 0) is 24.1 Å². The normalized spacial score (nSPS) is 29.5. The Bertz CT molecular complexity index is 504. The molecule has 0 spiro atoms. The molecule has 2 fully saturated rings. The van der Waals surface area contributed by atoms with Crippen LogP contribution in [-0.4, -0.2) is 69.7 Å². The molecule has 0 radical (unpaired) electrons. The number of hydrogen-bond acceptors (Lipinski definition) is 5. The van der Waals surface area contributed by atoms with Gasteiger partial charge in [-0.1, -0.05) is 0 Å². The predicted molar refractivity (Wildman–Crippen MR) is 83.4 cm³/mol. The van der Waals surface area contributed by atoms with Crippen molar-refractivity contribution in [2.24, 2.45) is 5.41 Å². The van der Waals surface area contributed by atoms with Crippen LogP contribution in [0.5, 0.6) is 0 Å². The third-order valence-electron chi connectivity index (χ3n) is 4.43. The Hall–Kier alpha value is -0.660. The lowest BCUT2D eigenvalue weighted by molar-refractivity contribution is -0.166. The number of nitrogens with zero attached hydrogens (tertiary/aromatic N) is 1. The summed E-state index contributed by atoms with van der Waals surface area (Å²) in [6, 6.07) is 0. The minimum atomic E-state index is -3.30. The van der Waals surface area contributed by atoms with Crippen LogP contribution in [0.3, 0.4) is 0 Å². The fraction of sp³-hybridized carbons (Fsp3) is 0.933. The maximum absolute atomic E-state index is 12.2. The van der Waals surface area contributed by atoms with Gasteiger partial charge in [-0.15, -0.1) is 0 Å². The Morgan fingerprint density at radius 1 is 1.45 bits per heavy atom. The monoisotopic (exact) mass is 333 g/mol. The molecule has 0 bridgehead atoms. The molecule has 0 saturated carbocycles. The molecule has 2 saturated heterocycles. The predicted octanol–water partition coefficient (Wildman–Crippen LogP) is 0.854. The average molecular weight is 333 g/mol. The third-order valence-corrected chi connectivity index (χ3v) is 5.20. The number of piperidine rings is 1. The van der Waals surface area contributed by atoms with Gasteiger partial charge in [-0.3, -0.25) is 4.79 Å². The van der Waals surface area contributed by atoms with E-state index in [4.69, 9.17) is 9.47 Å². The topological polar surface area (TPSA) is 72.9 Å². The number of carbonyl (C=O) groups is 1.